The fraction of sp³-hybridized carbons (Fsp3) is 0.130. The van der Waals surface area contributed by atoms with Crippen LogP contribution in [0.15, 0.2) is 83.8 Å². The van der Waals surface area contributed by atoms with Crippen molar-refractivity contribution < 1.29 is 9.59 Å². The molecular weight excluding hydrogens is 368 g/mol. The maximum atomic E-state index is 12.2. The van der Waals surface area contributed by atoms with Crippen molar-refractivity contribution >= 4 is 29.3 Å². The van der Waals surface area contributed by atoms with Crippen LogP contribution in [0.4, 0.5) is 5.69 Å². The summed E-state index contributed by atoms with van der Waals surface area (Å²) in [5.41, 5.74) is 3.47. The molecule has 3 rings (SSSR count). The molecular formula is C23H22N2O2S. The number of carbonyl (C=O) groups is 2. The van der Waals surface area contributed by atoms with Crippen LogP contribution in [-0.4, -0.2) is 24.1 Å². The number of hydrogen-bond acceptors (Lipinski definition) is 3. The first kappa shape index (κ1) is 19.7. The summed E-state index contributed by atoms with van der Waals surface area (Å²) in [6.07, 6.45) is 0. The molecule has 0 aliphatic rings. The van der Waals surface area contributed by atoms with E-state index in [1.165, 1.54) is 17.3 Å². The fourth-order valence-electron chi connectivity index (χ4n) is 2.72. The minimum atomic E-state index is -0.147. The first-order valence-corrected chi connectivity index (χ1v) is 10.1. The van der Waals surface area contributed by atoms with Crippen molar-refractivity contribution in [3.63, 3.8) is 0 Å². The summed E-state index contributed by atoms with van der Waals surface area (Å²) < 4.78 is 0. The lowest BCUT2D eigenvalue weighted by atomic mass is 10.1. The summed E-state index contributed by atoms with van der Waals surface area (Å²) in [7, 11) is 0. The van der Waals surface area contributed by atoms with Crippen LogP contribution >= 0.6 is 11.8 Å². The van der Waals surface area contributed by atoms with Gasteiger partial charge in [0.15, 0.2) is 0 Å². The largest absolute Gasteiger partial charge is 0.352 e. The number of anilines is 1. The number of thioether (sulfide) groups is 1. The lowest BCUT2D eigenvalue weighted by molar-refractivity contribution is -0.113. The van der Waals surface area contributed by atoms with E-state index in [0.29, 0.717) is 23.5 Å². The van der Waals surface area contributed by atoms with Gasteiger partial charge in [-0.05, 0) is 48.4 Å². The zero-order chi connectivity index (χ0) is 19.8. The van der Waals surface area contributed by atoms with Crippen LogP contribution in [0.5, 0.6) is 0 Å². The van der Waals surface area contributed by atoms with Gasteiger partial charge < -0.3 is 10.6 Å². The van der Waals surface area contributed by atoms with Crippen molar-refractivity contribution in [1.29, 1.82) is 0 Å². The van der Waals surface area contributed by atoms with Gasteiger partial charge in [-0.3, -0.25) is 9.59 Å². The van der Waals surface area contributed by atoms with Crippen LogP contribution in [0.2, 0.25) is 0 Å². The van der Waals surface area contributed by atoms with Gasteiger partial charge in [-0.15, -0.1) is 11.8 Å². The Morgan fingerprint density at radius 3 is 2.29 bits per heavy atom. The number of hydrogen-bond donors (Lipinski definition) is 2. The highest BCUT2D eigenvalue weighted by Crippen LogP contribution is 2.24. The van der Waals surface area contributed by atoms with Crippen LogP contribution in [0.3, 0.4) is 0 Å². The molecule has 0 heterocycles. The smallest absolute Gasteiger partial charge is 0.251 e. The van der Waals surface area contributed by atoms with Gasteiger partial charge >= 0.3 is 0 Å². The van der Waals surface area contributed by atoms with Gasteiger partial charge in [0, 0.05) is 22.7 Å². The molecule has 142 valence electrons. The molecule has 3 aromatic rings. The molecule has 0 atom stereocenters. The van der Waals surface area contributed by atoms with Crippen molar-refractivity contribution in [2.45, 2.75) is 11.8 Å². The highest BCUT2D eigenvalue weighted by atomic mass is 32.2. The highest BCUT2D eigenvalue weighted by Gasteiger charge is 2.08. The van der Waals surface area contributed by atoms with E-state index in [-0.39, 0.29) is 11.8 Å². The zero-order valence-electron chi connectivity index (χ0n) is 15.6. The van der Waals surface area contributed by atoms with Gasteiger partial charge in [-0.2, -0.15) is 0 Å². The normalized spacial score (nSPS) is 10.3. The van der Waals surface area contributed by atoms with Crippen molar-refractivity contribution in [3.05, 3.63) is 84.4 Å². The van der Waals surface area contributed by atoms with Crippen LogP contribution in [-0.2, 0) is 4.79 Å². The third-order valence-corrected chi connectivity index (χ3v) is 5.09. The molecule has 5 heteroatoms. The Bertz CT molecular complexity index is 940. The van der Waals surface area contributed by atoms with E-state index in [0.717, 1.165) is 10.5 Å². The summed E-state index contributed by atoms with van der Waals surface area (Å²) in [4.78, 5) is 25.2. The molecule has 0 saturated carbocycles. The van der Waals surface area contributed by atoms with Gasteiger partial charge in [0.25, 0.3) is 5.91 Å². The van der Waals surface area contributed by atoms with Gasteiger partial charge in [-0.1, -0.05) is 48.5 Å². The molecule has 4 nitrogen and oxygen atoms in total. The molecule has 0 fully saturated rings. The standard InChI is InChI=1S/C23H22N2O2S/c1-2-24-23(27)19-9-6-10-20(15-19)25-22(26)16-28-21-13-11-18(12-14-21)17-7-4-3-5-8-17/h3-15H,2,16H2,1H3,(H,24,27)(H,25,26). The Morgan fingerprint density at radius 2 is 1.57 bits per heavy atom. The third kappa shape index (κ3) is 5.47. The fourth-order valence-corrected chi connectivity index (χ4v) is 3.42. The molecule has 2 amide bonds. The second-order valence-corrected chi connectivity index (χ2v) is 7.22. The Morgan fingerprint density at radius 1 is 0.857 bits per heavy atom. The summed E-state index contributed by atoms with van der Waals surface area (Å²) >= 11 is 1.48. The van der Waals surface area contributed by atoms with E-state index in [2.05, 4.69) is 34.9 Å². The van der Waals surface area contributed by atoms with Gasteiger partial charge in [0.1, 0.15) is 0 Å². The number of carbonyl (C=O) groups excluding carboxylic acids is 2. The highest BCUT2D eigenvalue weighted by molar-refractivity contribution is 8.00. The summed E-state index contributed by atoms with van der Waals surface area (Å²) in [6, 6.07) is 25.3. The number of nitrogens with one attached hydrogen (secondary N) is 2. The molecule has 3 aromatic carbocycles. The van der Waals surface area contributed by atoms with E-state index in [9.17, 15) is 9.59 Å². The average molecular weight is 391 g/mol. The number of amides is 2. The van der Waals surface area contributed by atoms with Crippen LogP contribution in [0.1, 0.15) is 17.3 Å². The molecule has 0 aliphatic carbocycles. The number of benzene rings is 3. The third-order valence-electron chi connectivity index (χ3n) is 4.08. The summed E-state index contributed by atoms with van der Waals surface area (Å²) in [5, 5.41) is 5.60. The molecule has 0 aromatic heterocycles. The average Bonchev–Trinajstić information content (AvgIpc) is 2.74. The molecule has 0 aliphatic heterocycles. The predicted molar refractivity (Wildman–Crippen MR) is 116 cm³/mol. The molecule has 0 saturated heterocycles. The molecule has 2 N–H and O–H groups in total. The molecule has 0 bridgehead atoms. The van der Waals surface area contributed by atoms with Crippen molar-refractivity contribution in [3.8, 4) is 11.1 Å². The summed E-state index contributed by atoms with van der Waals surface area (Å²) in [6.45, 7) is 2.43. The second-order valence-electron chi connectivity index (χ2n) is 6.17. The monoisotopic (exact) mass is 390 g/mol. The lowest BCUT2D eigenvalue weighted by Crippen LogP contribution is -2.23. The molecule has 0 radical (unpaired) electrons. The van der Waals surface area contributed by atoms with Crippen molar-refractivity contribution in [2.24, 2.45) is 0 Å². The Balaban J connectivity index is 1.54. The quantitative estimate of drug-likeness (QED) is 0.568. The lowest BCUT2D eigenvalue weighted by Gasteiger charge is -2.08. The van der Waals surface area contributed by atoms with E-state index < -0.39 is 0 Å². The topological polar surface area (TPSA) is 58.2 Å². The Labute approximate surface area is 169 Å². The maximum Gasteiger partial charge on any atom is 0.251 e. The van der Waals surface area contributed by atoms with E-state index in [1.54, 1.807) is 24.3 Å². The van der Waals surface area contributed by atoms with Gasteiger partial charge in [0.05, 0.1) is 5.75 Å². The predicted octanol–water partition coefficient (Wildman–Crippen LogP) is 4.83. The Kier molecular flexibility index (Phi) is 6.87. The van der Waals surface area contributed by atoms with E-state index in [1.807, 2.05) is 37.3 Å². The Hall–Kier alpha value is -3.05. The van der Waals surface area contributed by atoms with Crippen molar-refractivity contribution in [1.82, 2.24) is 5.32 Å². The van der Waals surface area contributed by atoms with Gasteiger partial charge in [-0.25, -0.2) is 0 Å². The summed E-state index contributed by atoms with van der Waals surface area (Å²) in [5.74, 6) is 0.0486. The van der Waals surface area contributed by atoms with Crippen molar-refractivity contribution in [2.75, 3.05) is 17.6 Å². The molecule has 28 heavy (non-hydrogen) atoms. The van der Waals surface area contributed by atoms with E-state index in [4.69, 9.17) is 0 Å². The molecule has 0 unspecified atom stereocenters. The first-order valence-electron chi connectivity index (χ1n) is 9.12. The minimum Gasteiger partial charge on any atom is -0.352 e. The van der Waals surface area contributed by atoms with Crippen LogP contribution in [0, 0.1) is 0 Å². The van der Waals surface area contributed by atoms with Crippen LogP contribution < -0.4 is 10.6 Å². The maximum absolute atomic E-state index is 12.2. The van der Waals surface area contributed by atoms with Gasteiger partial charge in [0.2, 0.25) is 5.91 Å². The van der Waals surface area contributed by atoms with Crippen LogP contribution in [0.25, 0.3) is 11.1 Å². The SMILES string of the molecule is CCNC(=O)c1cccc(NC(=O)CSc2ccc(-c3ccccc3)cc2)c1. The zero-order valence-corrected chi connectivity index (χ0v) is 16.5. The first-order chi connectivity index (χ1) is 13.7. The minimum absolute atomic E-state index is 0.106. The number of rotatable bonds is 7. The molecule has 0 spiro atoms. The van der Waals surface area contributed by atoms with E-state index >= 15 is 0 Å². The second kappa shape index (κ2) is 9.76.